The second kappa shape index (κ2) is 8.32. The van der Waals surface area contributed by atoms with Crippen LogP contribution in [-0.2, 0) is 16.1 Å². The second-order valence-corrected chi connectivity index (χ2v) is 8.89. The first kappa shape index (κ1) is 19.5. The molecule has 1 saturated heterocycles. The fraction of sp³-hybridized carbons (Fsp3) is 0.636. The average Bonchev–Trinajstić information content (AvgIpc) is 3.33. The van der Waals surface area contributed by atoms with Crippen molar-refractivity contribution in [2.24, 2.45) is 17.8 Å². The molecule has 3 fully saturated rings. The number of fused-ring (bicyclic) bond motifs is 1. The Morgan fingerprint density at radius 3 is 2.83 bits per heavy atom. The number of methoxy groups -OCH3 is 1. The number of anilines is 1. The summed E-state index contributed by atoms with van der Waals surface area (Å²) in [4.78, 5) is 6.79. The number of ether oxygens (including phenoxy) is 2. The summed E-state index contributed by atoms with van der Waals surface area (Å²) in [5.74, 6) is 2.61. The van der Waals surface area contributed by atoms with E-state index in [0.717, 1.165) is 50.0 Å². The molecule has 0 bridgehead atoms. The van der Waals surface area contributed by atoms with Crippen LogP contribution in [0, 0.1) is 29.1 Å². The molecule has 1 aliphatic heterocycles. The predicted molar refractivity (Wildman–Crippen MR) is 110 cm³/mol. The van der Waals surface area contributed by atoms with E-state index < -0.39 is 0 Å². The number of hydrogen-bond donors (Lipinski definition) is 0. The molecule has 8 heteroatoms. The van der Waals surface area contributed by atoms with E-state index in [1.54, 1.807) is 13.3 Å². The quantitative estimate of drug-likeness (QED) is 0.695. The van der Waals surface area contributed by atoms with Crippen molar-refractivity contribution >= 4 is 5.82 Å². The van der Waals surface area contributed by atoms with E-state index in [-0.39, 0.29) is 12.1 Å². The maximum atomic E-state index is 9.48. The first-order valence-electron chi connectivity index (χ1n) is 10.9. The summed E-state index contributed by atoms with van der Waals surface area (Å²) in [6.07, 6.45) is 8.50. The van der Waals surface area contributed by atoms with E-state index in [0.29, 0.717) is 24.0 Å². The monoisotopic (exact) mass is 408 g/mol. The summed E-state index contributed by atoms with van der Waals surface area (Å²) in [5, 5.41) is 18.2. The van der Waals surface area contributed by atoms with E-state index in [1.807, 2.05) is 23.0 Å². The third-order valence-corrected chi connectivity index (χ3v) is 6.72. The zero-order valence-electron chi connectivity index (χ0n) is 17.4. The first-order valence-corrected chi connectivity index (χ1v) is 10.9. The highest BCUT2D eigenvalue weighted by atomic mass is 16.5. The minimum absolute atomic E-state index is 0.142. The standard InChI is InChI=1S/C22H28N6O2/c1-29-14-19-12-28(26-25-19)20-7-17-10-27(22-16(9-23)3-2-6-24-22)11-18(17)8-21(20)30-13-15-4-5-15/h2-3,6,12,15,17-18,20-21H,4-5,7-8,10-11,13-14H2,1H3/t17-,18+,20-,21-/m1/s1. The molecule has 2 aliphatic carbocycles. The molecule has 0 N–H and O–H groups in total. The molecular formula is C22H28N6O2. The van der Waals surface area contributed by atoms with Gasteiger partial charge in [-0.25, -0.2) is 9.67 Å². The van der Waals surface area contributed by atoms with Crippen molar-refractivity contribution in [1.29, 1.82) is 5.26 Å². The van der Waals surface area contributed by atoms with Crippen molar-refractivity contribution in [2.45, 2.75) is 44.4 Å². The Hall–Kier alpha value is -2.50. The number of nitriles is 1. The van der Waals surface area contributed by atoms with E-state index in [2.05, 4.69) is 26.3 Å². The number of hydrogen-bond acceptors (Lipinski definition) is 7. The van der Waals surface area contributed by atoms with Gasteiger partial charge in [0.05, 0.1) is 30.5 Å². The summed E-state index contributed by atoms with van der Waals surface area (Å²) in [6.45, 7) is 3.16. The lowest BCUT2D eigenvalue weighted by molar-refractivity contribution is -0.0375. The minimum Gasteiger partial charge on any atom is -0.378 e. The van der Waals surface area contributed by atoms with Gasteiger partial charge in [-0.15, -0.1) is 5.10 Å². The Labute approximate surface area is 176 Å². The molecule has 2 saturated carbocycles. The van der Waals surface area contributed by atoms with Gasteiger partial charge in [0.15, 0.2) is 0 Å². The lowest BCUT2D eigenvalue weighted by atomic mass is 9.77. The molecule has 30 heavy (non-hydrogen) atoms. The van der Waals surface area contributed by atoms with Crippen molar-refractivity contribution < 1.29 is 9.47 Å². The van der Waals surface area contributed by atoms with Crippen molar-refractivity contribution in [3.63, 3.8) is 0 Å². The maximum absolute atomic E-state index is 9.48. The summed E-state index contributed by atoms with van der Waals surface area (Å²) in [6, 6.07) is 6.14. The molecule has 2 aromatic heterocycles. The van der Waals surface area contributed by atoms with Gasteiger partial charge in [0.2, 0.25) is 0 Å². The molecule has 3 heterocycles. The molecule has 5 rings (SSSR count). The topological polar surface area (TPSA) is 89.1 Å². The highest BCUT2D eigenvalue weighted by Gasteiger charge is 2.45. The van der Waals surface area contributed by atoms with E-state index in [1.165, 1.54) is 12.8 Å². The molecule has 8 nitrogen and oxygen atoms in total. The molecule has 0 aromatic carbocycles. The van der Waals surface area contributed by atoms with Gasteiger partial charge in [0, 0.05) is 33.0 Å². The van der Waals surface area contributed by atoms with Crippen LogP contribution >= 0.6 is 0 Å². The molecule has 158 valence electrons. The summed E-state index contributed by atoms with van der Waals surface area (Å²) in [7, 11) is 1.67. The third kappa shape index (κ3) is 3.92. The van der Waals surface area contributed by atoms with Gasteiger partial charge in [-0.2, -0.15) is 5.26 Å². The lowest BCUT2D eigenvalue weighted by Crippen LogP contribution is -2.38. The summed E-state index contributed by atoms with van der Waals surface area (Å²) < 4.78 is 13.6. The van der Waals surface area contributed by atoms with Crippen LogP contribution in [0.2, 0.25) is 0 Å². The van der Waals surface area contributed by atoms with Crippen LogP contribution in [0.4, 0.5) is 5.82 Å². The smallest absolute Gasteiger partial charge is 0.146 e. The van der Waals surface area contributed by atoms with Crippen molar-refractivity contribution in [3.05, 3.63) is 35.8 Å². The fourth-order valence-corrected chi connectivity index (χ4v) is 4.99. The van der Waals surface area contributed by atoms with Crippen LogP contribution in [0.15, 0.2) is 24.5 Å². The second-order valence-electron chi connectivity index (χ2n) is 8.89. The van der Waals surface area contributed by atoms with Gasteiger partial charge in [0.1, 0.15) is 17.6 Å². The number of rotatable bonds is 7. The van der Waals surface area contributed by atoms with Crippen LogP contribution < -0.4 is 4.90 Å². The Morgan fingerprint density at radius 2 is 2.07 bits per heavy atom. The molecule has 2 aromatic rings. The van der Waals surface area contributed by atoms with Crippen LogP contribution in [0.25, 0.3) is 0 Å². The SMILES string of the molecule is COCc1cn([C@@H]2C[C@@H]3CN(c4ncccc4C#N)C[C@@H]3C[C@H]2OCC2CC2)nn1. The highest BCUT2D eigenvalue weighted by molar-refractivity contribution is 5.54. The highest BCUT2D eigenvalue weighted by Crippen LogP contribution is 2.44. The molecule has 0 unspecified atom stereocenters. The van der Waals surface area contributed by atoms with Crippen molar-refractivity contribution in [3.8, 4) is 6.07 Å². The van der Waals surface area contributed by atoms with Gasteiger partial charge in [-0.1, -0.05) is 5.21 Å². The zero-order chi connectivity index (χ0) is 20.5. The summed E-state index contributed by atoms with van der Waals surface area (Å²) >= 11 is 0. The van der Waals surface area contributed by atoms with Gasteiger partial charge in [-0.05, 0) is 55.6 Å². The molecule has 3 aliphatic rings. The van der Waals surface area contributed by atoms with Gasteiger partial charge >= 0.3 is 0 Å². The Kier molecular flexibility index (Phi) is 5.40. The first-order chi connectivity index (χ1) is 14.7. The minimum atomic E-state index is 0.142. The molecule has 4 atom stereocenters. The van der Waals surface area contributed by atoms with Crippen LogP contribution in [0.3, 0.4) is 0 Å². The molecular weight excluding hydrogens is 380 g/mol. The normalized spacial score (nSPS) is 28.3. The Balaban J connectivity index is 1.35. The summed E-state index contributed by atoms with van der Waals surface area (Å²) in [5.41, 5.74) is 1.50. The van der Waals surface area contributed by atoms with Crippen molar-refractivity contribution in [2.75, 3.05) is 31.7 Å². The van der Waals surface area contributed by atoms with E-state index in [4.69, 9.17) is 9.47 Å². The van der Waals surface area contributed by atoms with Crippen LogP contribution in [-0.4, -0.2) is 52.9 Å². The molecule has 0 radical (unpaired) electrons. The Morgan fingerprint density at radius 1 is 1.23 bits per heavy atom. The zero-order valence-corrected chi connectivity index (χ0v) is 17.4. The largest absolute Gasteiger partial charge is 0.378 e. The number of nitrogens with zero attached hydrogens (tertiary/aromatic N) is 6. The van der Waals surface area contributed by atoms with Gasteiger partial charge < -0.3 is 14.4 Å². The van der Waals surface area contributed by atoms with Crippen molar-refractivity contribution in [1.82, 2.24) is 20.0 Å². The van der Waals surface area contributed by atoms with E-state index in [9.17, 15) is 5.26 Å². The average molecular weight is 409 g/mol. The lowest BCUT2D eigenvalue weighted by Gasteiger charge is -2.37. The number of aromatic nitrogens is 4. The van der Waals surface area contributed by atoms with Gasteiger partial charge in [0.25, 0.3) is 0 Å². The van der Waals surface area contributed by atoms with E-state index >= 15 is 0 Å². The maximum Gasteiger partial charge on any atom is 0.146 e. The molecule has 0 spiro atoms. The van der Waals surface area contributed by atoms with Gasteiger partial charge in [-0.3, -0.25) is 0 Å². The number of pyridine rings is 1. The van der Waals surface area contributed by atoms with Crippen LogP contribution in [0.1, 0.15) is 43.0 Å². The van der Waals surface area contributed by atoms with Crippen LogP contribution in [0.5, 0.6) is 0 Å². The molecule has 0 amide bonds. The Bertz CT molecular complexity index is 920. The fourth-order valence-electron chi connectivity index (χ4n) is 4.99. The predicted octanol–water partition coefficient (Wildman–Crippen LogP) is 2.57. The third-order valence-electron chi connectivity index (χ3n) is 6.72.